The molecule has 7 heteroatoms. The molecule has 0 fully saturated rings. The zero-order valence-corrected chi connectivity index (χ0v) is 17.9. The van der Waals surface area contributed by atoms with Crippen LogP contribution in [0.4, 0.5) is 10.1 Å². The Hall–Kier alpha value is -2.54. The first-order chi connectivity index (χ1) is 14.6. The summed E-state index contributed by atoms with van der Waals surface area (Å²) in [6, 6.07) is 6.75. The minimum atomic E-state index is -0.447. The molecule has 1 N–H and O–H groups in total. The van der Waals surface area contributed by atoms with E-state index in [0.29, 0.717) is 10.8 Å². The minimum Gasteiger partial charge on any atom is -0.319 e. The van der Waals surface area contributed by atoms with E-state index in [1.807, 2.05) is 6.07 Å². The van der Waals surface area contributed by atoms with Gasteiger partial charge in [-0.2, -0.15) is 0 Å². The van der Waals surface area contributed by atoms with Gasteiger partial charge >= 0.3 is 0 Å². The number of halogens is 1. The number of nitrogens with zero attached hydrogens (tertiary/aromatic N) is 3. The van der Waals surface area contributed by atoms with Gasteiger partial charge in [0.1, 0.15) is 11.6 Å². The van der Waals surface area contributed by atoms with Crippen LogP contribution in [0, 0.1) is 11.7 Å². The van der Waals surface area contributed by atoms with Crippen molar-refractivity contribution in [3.05, 3.63) is 51.2 Å². The van der Waals surface area contributed by atoms with Gasteiger partial charge in [-0.1, -0.05) is 13.3 Å². The number of anilines is 1. The van der Waals surface area contributed by atoms with Gasteiger partial charge < -0.3 is 9.88 Å². The summed E-state index contributed by atoms with van der Waals surface area (Å²) in [7, 11) is 0. The SMILES string of the molecule is CC1CCc2sc(C(=O)Nc3cc(-c4nnc5n4CCCCC5)ccc3F)cc2C1. The zero-order valence-electron chi connectivity index (χ0n) is 17.1. The first-order valence-electron chi connectivity index (χ1n) is 10.7. The van der Waals surface area contributed by atoms with Gasteiger partial charge in [-0.05, 0) is 67.9 Å². The minimum absolute atomic E-state index is 0.184. The van der Waals surface area contributed by atoms with Crippen molar-refractivity contribution in [2.75, 3.05) is 5.32 Å². The van der Waals surface area contributed by atoms with Gasteiger partial charge in [0.25, 0.3) is 5.91 Å². The number of benzene rings is 1. The summed E-state index contributed by atoms with van der Waals surface area (Å²) in [6.45, 7) is 3.11. The molecule has 5 nitrogen and oxygen atoms in total. The Morgan fingerprint density at radius 1 is 1.20 bits per heavy atom. The van der Waals surface area contributed by atoms with Crippen molar-refractivity contribution in [2.24, 2.45) is 5.92 Å². The number of aromatic nitrogens is 3. The van der Waals surface area contributed by atoms with Crippen LogP contribution < -0.4 is 5.32 Å². The molecule has 3 aromatic rings. The van der Waals surface area contributed by atoms with Gasteiger partial charge in [0.2, 0.25) is 0 Å². The Bertz CT molecular complexity index is 1100. The lowest BCUT2D eigenvalue weighted by molar-refractivity contribution is 0.103. The van der Waals surface area contributed by atoms with Crippen molar-refractivity contribution in [3.63, 3.8) is 0 Å². The summed E-state index contributed by atoms with van der Waals surface area (Å²) in [4.78, 5) is 14.8. The van der Waals surface area contributed by atoms with Crippen LogP contribution in [0.2, 0.25) is 0 Å². The maximum atomic E-state index is 14.5. The van der Waals surface area contributed by atoms with Crippen LogP contribution in [-0.2, 0) is 25.8 Å². The van der Waals surface area contributed by atoms with E-state index in [1.54, 1.807) is 12.1 Å². The lowest BCUT2D eigenvalue weighted by atomic mass is 9.90. The summed E-state index contributed by atoms with van der Waals surface area (Å²) in [5.41, 5.74) is 2.22. The number of carbonyl (C=O) groups excluding carboxylic acids is 1. The highest BCUT2D eigenvalue weighted by molar-refractivity contribution is 7.14. The van der Waals surface area contributed by atoms with Gasteiger partial charge in [0.05, 0.1) is 10.6 Å². The molecular formula is C23H25FN4OS. The number of hydrogen-bond donors (Lipinski definition) is 1. The Labute approximate surface area is 179 Å². The Morgan fingerprint density at radius 2 is 2.10 bits per heavy atom. The van der Waals surface area contributed by atoms with Crippen LogP contribution in [0.1, 0.15) is 58.5 Å². The van der Waals surface area contributed by atoms with E-state index >= 15 is 0 Å². The lowest BCUT2D eigenvalue weighted by Gasteiger charge is -2.16. The first kappa shape index (κ1) is 19.4. The van der Waals surface area contributed by atoms with Crippen molar-refractivity contribution in [2.45, 2.75) is 58.4 Å². The molecule has 0 saturated carbocycles. The quantitative estimate of drug-likeness (QED) is 0.625. The highest BCUT2D eigenvalue weighted by Crippen LogP contribution is 2.33. The highest BCUT2D eigenvalue weighted by Gasteiger charge is 2.22. The second-order valence-electron chi connectivity index (χ2n) is 8.46. The number of hydrogen-bond acceptors (Lipinski definition) is 4. The van der Waals surface area contributed by atoms with Crippen LogP contribution in [-0.4, -0.2) is 20.7 Å². The van der Waals surface area contributed by atoms with E-state index in [2.05, 4.69) is 27.0 Å². The Balaban J connectivity index is 1.41. The third-order valence-corrected chi connectivity index (χ3v) is 7.37. The number of thiophene rings is 1. The van der Waals surface area contributed by atoms with Crippen molar-refractivity contribution in [3.8, 4) is 11.4 Å². The molecule has 156 valence electrons. The van der Waals surface area contributed by atoms with Gasteiger partial charge in [0.15, 0.2) is 5.82 Å². The van der Waals surface area contributed by atoms with Crippen molar-refractivity contribution in [1.29, 1.82) is 0 Å². The summed E-state index contributed by atoms with van der Waals surface area (Å²) >= 11 is 1.53. The van der Waals surface area contributed by atoms with Gasteiger partial charge in [-0.3, -0.25) is 4.79 Å². The van der Waals surface area contributed by atoms with Crippen LogP contribution in [0.3, 0.4) is 0 Å². The topological polar surface area (TPSA) is 59.8 Å². The van der Waals surface area contributed by atoms with Crippen LogP contribution in [0.15, 0.2) is 24.3 Å². The van der Waals surface area contributed by atoms with Gasteiger partial charge in [-0.25, -0.2) is 4.39 Å². The number of rotatable bonds is 3. The molecule has 5 rings (SSSR count). The molecule has 1 amide bonds. The lowest BCUT2D eigenvalue weighted by Crippen LogP contribution is -2.12. The molecule has 2 aliphatic rings. The average Bonchev–Trinajstić information content (AvgIpc) is 3.26. The molecule has 1 unspecified atom stereocenters. The Morgan fingerprint density at radius 3 is 3.00 bits per heavy atom. The van der Waals surface area contributed by atoms with Crippen molar-refractivity contribution < 1.29 is 9.18 Å². The molecule has 0 radical (unpaired) electrons. The van der Waals surface area contributed by atoms with Crippen molar-refractivity contribution >= 4 is 22.9 Å². The summed E-state index contributed by atoms with van der Waals surface area (Å²) in [6.07, 6.45) is 7.50. The number of fused-ring (bicyclic) bond motifs is 2. The summed E-state index contributed by atoms with van der Waals surface area (Å²) in [5, 5.41) is 11.5. The fraction of sp³-hybridized carbons (Fsp3) is 0.435. The molecule has 2 aromatic heterocycles. The summed E-state index contributed by atoms with van der Waals surface area (Å²) in [5.74, 6) is 1.67. The predicted octanol–water partition coefficient (Wildman–Crippen LogP) is 5.25. The molecule has 0 saturated heterocycles. The smallest absolute Gasteiger partial charge is 0.265 e. The van der Waals surface area contributed by atoms with Gasteiger partial charge in [-0.15, -0.1) is 21.5 Å². The van der Waals surface area contributed by atoms with E-state index in [-0.39, 0.29) is 11.6 Å². The predicted molar refractivity (Wildman–Crippen MR) is 116 cm³/mol. The maximum absolute atomic E-state index is 14.5. The van der Waals surface area contributed by atoms with E-state index in [1.165, 1.54) is 34.3 Å². The summed E-state index contributed by atoms with van der Waals surface area (Å²) < 4.78 is 16.6. The largest absolute Gasteiger partial charge is 0.319 e. The standard InChI is InChI=1S/C23H25FN4OS/c1-14-6-9-19-16(11-14)13-20(30-19)23(29)25-18-12-15(7-8-17(18)24)22-27-26-21-5-3-2-4-10-28(21)22/h7-8,12-14H,2-6,9-11H2,1H3,(H,25,29). The molecule has 1 aliphatic heterocycles. The number of aryl methyl sites for hydroxylation is 2. The van der Waals surface area contributed by atoms with E-state index in [9.17, 15) is 9.18 Å². The average molecular weight is 425 g/mol. The third-order valence-electron chi connectivity index (χ3n) is 6.14. The van der Waals surface area contributed by atoms with E-state index in [0.717, 1.165) is 62.3 Å². The van der Waals surface area contributed by atoms with Gasteiger partial charge in [0, 0.05) is 23.4 Å². The number of carbonyl (C=O) groups is 1. The normalized spacial score (nSPS) is 18.4. The molecule has 0 spiro atoms. The Kier molecular flexibility index (Phi) is 5.15. The fourth-order valence-electron chi connectivity index (χ4n) is 4.46. The van der Waals surface area contributed by atoms with E-state index in [4.69, 9.17) is 0 Å². The highest BCUT2D eigenvalue weighted by atomic mass is 32.1. The first-order valence-corrected chi connectivity index (χ1v) is 11.5. The van der Waals surface area contributed by atoms with E-state index < -0.39 is 5.82 Å². The monoisotopic (exact) mass is 424 g/mol. The number of nitrogens with one attached hydrogen (secondary N) is 1. The molecule has 3 heterocycles. The molecule has 0 bridgehead atoms. The zero-order chi connectivity index (χ0) is 20.7. The second kappa shape index (κ2) is 7.95. The van der Waals surface area contributed by atoms with Crippen molar-refractivity contribution in [1.82, 2.24) is 14.8 Å². The molecular weight excluding hydrogens is 399 g/mol. The maximum Gasteiger partial charge on any atom is 0.265 e. The molecule has 1 aliphatic carbocycles. The number of amides is 1. The second-order valence-corrected chi connectivity index (χ2v) is 9.59. The van der Waals surface area contributed by atoms with Crippen LogP contribution in [0.25, 0.3) is 11.4 Å². The molecule has 1 atom stereocenters. The van der Waals surface area contributed by atoms with Crippen LogP contribution in [0.5, 0.6) is 0 Å². The molecule has 1 aromatic carbocycles. The molecule has 30 heavy (non-hydrogen) atoms. The third kappa shape index (κ3) is 3.67. The fourth-order valence-corrected chi connectivity index (χ4v) is 5.56. The van der Waals surface area contributed by atoms with Crippen LogP contribution >= 0.6 is 11.3 Å².